The van der Waals surface area contributed by atoms with E-state index in [1.54, 1.807) is 42.5 Å². The summed E-state index contributed by atoms with van der Waals surface area (Å²) in [6.07, 6.45) is 2.07. The highest BCUT2D eigenvalue weighted by molar-refractivity contribution is 8.26. The highest BCUT2D eigenvalue weighted by Crippen LogP contribution is 2.40. The molecule has 6 nitrogen and oxygen atoms in total. The summed E-state index contributed by atoms with van der Waals surface area (Å²) in [4.78, 5) is 27.7. The van der Waals surface area contributed by atoms with Crippen LogP contribution in [0.15, 0.2) is 47.4 Å². The zero-order chi connectivity index (χ0) is 24.9. The van der Waals surface area contributed by atoms with E-state index in [4.69, 9.17) is 40.2 Å². The van der Waals surface area contributed by atoms with E-state index in [-0.39, 0.29) is 27.3 Å². The lowest BCUT2D eigenvalue weighted by atomic mass is 10.2. The number of nitrogens with zero attached hydrogens (tertiary/aromatic N) is 1. The van der Waals surface area contributed by atoms with Crippen LogP contribution in [-0.2, 0) is 14.6 Å². The van der Waals surface area contributed by atoms with Gasteiger partial charge < -0.3 is 4.74 Å². The number of hydrogen-bond donors (Lipinski definition) is 0. The number of thiocarbonyl (C=S) groups is 1. The molecule has 1 atom stereocenters. The van der Waals surface area contributed by atoms with Crippen molar-refractivity contribution < 1.29 is 22.7 Å². The second kappa shape index (κ2) is 9.49. The molecule has 0 spiro atoms. The van der Waals surface area contributed by atoms with Crippen LogP contribution in [0.2, 0.25) is 10.0 Å². The minimum Gasteiger partial charge on any atom is -0.422 e. The van der Waals surface area contributed by atoms with Gasteiger partial charge in [0.25, 0.3) is 5.91 Å². The van der Waals surface area contributed by atoms with Gasteiger partial charge >= 0.3 is 5.97 Å². The van der Waals surface area contributed by atoms with Gasteiger partial charge in [0.15, 0.2) is 9.84 Å². The van der Waals surface area contributed by atoms with Crippen LogP contribution in [0.4, 0.5) is 0 Å². The first-order valence-electron chi connectivity index (χ1n) is 10.3. The molecule has 2 saturated heterocycles. The third-order valence-electron chi connectivity index (χ3n) is 5.58. The Balaban J connectivity index is 1.30. The lowest BCUT2D eigenvalue weighted by Crippen LogP contribution is -2.39. The fourth-order valence-corrected chi connectivity index (χ4v) is 8.84. The number of esters is 1. The molecule has 2 aromatic carbocycles. The zero-order valence-corrected chi connectivity index (χ0v) is 22.5. The summed E-state index contributed by atoms with van der Waals surface area (Å²) in [6.45, 7) is 0. The molecule has 35 heavy (non-hydrogen) atoms. The van der Waals surface area contributed by atoms with Gasteiger partial charge in [-0.25, -0.2) is 13.2 Å². The van der Waals surface area contributed by atoms with E-state index in [2.05, 4.69) is 0 Å². The Morgan fingerprint density at radius 1 is 1.17 bits per heavy atom. The lowest BCUT2D eigenvalue weighted by Gasteiger charge is -2.20. The van der Waals surface area contributed by atoms with Crippen LogP contribution in [0.25, 0.3) is 16.2 Å². The second-order valence-electron chi connectivity index (χ2n) is 7.93. The first-order chi connectivity index (χ1) is 16.6. The number of benzene rings is 2. The second-order valence-corrected chi connectivity index (χ2v) is 13.7. The predicted octanol–water partition coefficient (Wildman–Crippen LogP) is 5.82. The SMILES string of the molecule is O=C(Oc1ccc(/C=C2/SC(=S)N([C@@H]3CCS(=O)(=O)C3)C2=O)cc1)c1sc2cccc(Cl)c2c1Cl. The zero-order valence-electron chi connectivity index (χ0n) is 17.7. The van der Waals surface area contributed by atoms with E-state index in [1.165, 1.54) is 16.2 Å². The van der Waals surface area contributed by atoms with E-state index in [9.17, 15) is 18.0 Å². The van der Waals surface area contributed by atoms with Crippen LogP contribution in [0.1, 0.15) is 21.7 Å². The minimum absolute atomic E-state index is 0.0632. The van der Waals surface area contributed by atoms with Crippen LogP contribution in [0.3, 0.4) is 0 Å². The number of halogens is 2. The Morgan fingerprint density at radius 2 is 1.91 bits per heavy atom. The van der Waals surface area contributed by atoms with Crippen LogP contribution in [0, 0.1) is 0 Å². The van der Waals surface area contributed by atoms with Crippen LogP contribution in [-0.4, -0.2) is 47.1 Å². The predicted molar refractivity (Wildman–Crippen MR) is 145 cm³/mol. The molecular formula is C23H15Cl2NO5S4. The van der Waals surface area contributed by atoms with Gasteiger partial charge in [0.2, 0.25) is 0 Å². The summed E-state index contributed by atoms with van der Waals surface area (Å²) in [7, 11) is -3.14. The number of carbonyl (C=O) groups is 2. The molecule has 1 amide bonds. The average Bonchev–Trinajstić information content (AvgIpc) is 3.42. The lowest BCUT2D eigenvalue weighted by molar-refractivity contribution is -0.123. The quantitative estimate of drug-likeness (QED) is 0.166. The Morgan fingerprint density at radius 3 is 2.57 bits per heavy atom. The third kappa shape index (κ3) is 4.87. The number of hydrogen-bond acceptors (Lipinski definition) is 8. The van der Waals surface area contributed by atoms with Crippen molar-refractivity contribution in [1.29, 1.82) is 0 Å². The van der Waals surface area contributed by atoms with Gasteiger partial charge in [-0.05, 0) is 42.3 Å². The maximum atomic E-state index is 12.9. The largest absolute Gasteiger partial charge is 0.422 e. The van der Waals surface area contributed by atoms with E-state index < -0.39 is 21.8 Å². The molecule has 0 unspecified atom stereocenters. The van der Waals surface area contributed by atoms with Crippen molar-refractivity contribution >= 4 is 101 Å². The third-order valence-corrected chi connectivity index (χ3v) is 10.6. The van der Waals surface area contributed by atoms with Crippen LogP contribution in [0.5, 0.6) is 5.75 Å². The Kier molecular flexibility index (Phi) is 6.71. The monoisotopic (exact) mass is 583 g/mol. The van der Waals surface area contributed by atoms with Gasteiger partial charge in [0.05, 0.1) is 32.5 Å². The molecule has 1 aromatic heterocycles. The molecule has 3 aromatic rings. The molecule has 0 bridgehead atoms. The van der Waals surface area contributed by atoms with Crippen molar-refractivity contribution in [1.82, 2.24) is 4.90 Å². The smallest absolute Gasteiger partial charge is 0.355 e. The summed E-state index contributed by atoms with van der Waals surface area (Å²) in [6, 6.07) is 11.5. The normalized spacial score (nSPS) is 20.8. The van der Waals surface area contributed by atoms with Crippen LogP contribution < -0.4 is 4.74 Å². The molecule has 0 saturated carbocycles. The molecule has 0 N–H and O–H groups in total. The fourth-order valence-electron chi connectivity index (χ4n) is 3.91. The highest BCUT2D eigenvalue weighted by Gasteiger charge is 2.42. The van der Waals surface area contributed by atoms with Crippen molar-refractivity contribution in [2.45, 2.75) is 12.5 Å². The molecule has 2 aliphatic heterocycles. The molecule has 5 rings (SSSR count). The number of fused-ring (bicyclic) bond motifs is 1. The summed E-state index contributed by atoms with van der Waals surface area (Å²) >= 11 is 20.3. The Bertz CT molecular complexity index is 1530. The van der Waals surface area contributed by atoms with Gasteiger partial charge in [-0.15, -0.1) is 11.3 Å². The molecule has 0 radical (unpaired) electrons. The van der Waals surface area contributed by atoms with Crippen molar-refractivity contribution in [3.63, 3.8) is 0 Å². The number of rotatable bonds is 4. The van der Waals surface area contributed by atoms with Crippen LogP contribution >= 0.6 is 58.5 Å². The minimum atomic E-state index is -3.14. The molecule has 2 aliphatic rings. The summed E-state index contributed by atoms with van der Waals surface area (Å²) in [5.74, 6) is -0.574. The fraction of sp³-hybridized carbons (Fsp3) is 0.174. The topological polar surface area (TPSA) is 80.8 Å². The van der Waals surface area contributed by atoms with Gasteiger partial charge in [-0.1, -0.05) is 65.4 Å². The number of thioether (sulfide) groups is 1. The van der Waals surface area contributed by atoms with Gasteiger partial charge in [-0.3, -0.25) is 9.69 Å². The van der Waals surface area contributed by atoms with E-state index in [0.29, 0.717) is 37.4 Å². The van der Waals surface area contributed by atoms with Crippen molar-refractivity contribution in [2.24, 2.45) is 0 Å². The van der Waals surface area contributed by atoms with Crippen molar-refractivity contribution in [2.75, 3.05) is 11.5 Å². The standard InChI is InChI=1S/C23H15Cl2NO5S4/c24-15-2-1-3-16-18(15)19(25)20(33-16)22(28)31-14-6-4-12(5-7-14)10-17-21(27)26(23(32)34-17)13-8-9-35(29,30)11-13/h1-7,10,13H,8-9,11H2/b17-10+/t13-/m1/s1. The number of ether oxygens (including phenoxy) is 1. The maximum absolute atomic E-state index is 12.9. The number of carbonyl (C=O) groups excluding carboxylic acids is 2. The Labute approximate surface area is 224 Å². The van der Waals surface area contributed by atoms with Gasteiger partial charge in [-0.2, -0.15) is 0 Å². The van der Waals surface area contributed by atoms with E-state index >= 15 is 0 Å². The van der Waals surface area contributed by atoms with Crippen molar-refractivity contribution in [3.8, 4) is 5.75 Å². The number of sulfone groups is 1. The van der Waals surface area contributed by atoms with E-state index in [1.807, 2.05) is 6.07 Å². The molecule has 12 heteroatoms. The summed E-state index contributed by atoms with van der Waals surface area (Å²) in [5, 5.41) is 1.34. The first-order valence-corrected chi connectivity index (χ1v) is 14.9. The number of amides is 1. The summed E-state index contributed by atoms with van der Waals surface area (Å²) < 4.78 is 30.2. The summed E-state index contributed by atoms with van der Waals surface area (Å²) in [5.41, 5.74) is 0.705. The average molecular weight is 585 g/mol. The first kappa shape index (κ1) is 24.7. The van der Waals surface area contributed by atoms with Gasteiger partial charge in [0.1, 0.15) is 14.9 Å². The number of thiophene rings is 1. The van der Waals surface area contributed by atoms with Crippen molar-refractivity contribution in [3.05, 3.63) is 67.9 Å². The maximum Gasteiger partial charge on any atom is 0.355 e. The molecule has 2 fully saturated rings. The van der Waals surface area contributed by atoms with Gasteiger partial charge in [0, 0.05) is 10.1 Å². The molecule has 0 aliphatic carbocycles. The molecule has 180 valence electrons. The Hall–Kier alpha value is -1.95. The highest BCUT2D eigenvalue weighted by atomic mass is 35.5. The molecular weight excluding hydrogens is 569 g/mol. The van der Waals surface area contributed by atoms with E-state index in [0.717, 1.165) is 16.5 Å². The molecule has 3 heterocycles.